The Hall–Kier alpha value is -1.47. The fraction of sp³-hybridized carbons (Fsp3) is 0.200. The van der Waals surface area contributed by atoms with Gasteiger partial charge in [-0.25, -0.2) is 4.68 Å². The van der Waals surface area contributed by atoms with Crippen molar-refractivity contribution in [3.05, 3.63) is 56.5 Å². The first kappa shape index (κ1) is 15.4. The highest BCUT2D eigenvalue weighted by Gasteiger charge is 2.10. The van der Waals surface area contributed by atoms with Crippen LogP contribution in [-0.4, -0.2) is 21.7 Å². The Kier molecular flexibility index (Phi) is 4.73. The number of nitrogens with zero attached hydrogens (tertiary/aromatic N) is 3. The molecule has 3 aromatic rings. The summed E-state index contributed by atoms with van der Waals surface area (Å²) in [5, 5.41) is 9.33. The molecule has 0 atom stereocenters. The average molecular weight is 352 g/mol. The van der Waals surface area contributed by atoms with Gasteiger partial charge in [0.25, 0.3) is 4.84 Å². The molecular formula is C15H14ClN3OS2. The second-order valence-corrected chi connectivity index (χ2v) is 6.53. The minimum absolute atomic E-state index is 0.363. The summed E-state index contributed by atoms with van der Waals surface area (Å²) in [5.41, 5.74) is 2.13. The van der Waals surface area contributed by atoms with Crippen LogP contribution in [0.3, 0.4) is 0 Å². The van der Waals surface area contributed by atoms with Crippen molar-refractivity contribution < 1.29 is 4.42 Å². The van der Waals surface area contributed by atoms with Crippen molar-refractivity contribution in [2.24, 2.45) is 0 Å². The van der Waals surface area contributed by atoms with Crippen LogP contribution in [0.4, 0.5) is 0 Å². The lowest BCUT2D eigenvalue weighted by atomic mass is 10.2. The zero-order chi connectivity index (χ0) is 15.5. The Balaban J connectivity index is 1.75. The van der Waals surface area contributed by atoms with Crippen molar-refractivity contribution in [3.63, 3.8) is 0 Å². The molecule has 0 fully saturated rings. The largest absolute Gasteiger partial charge is 0.409 e. The fourth-order valence-corrected chi connectivity index (χ4v) is 3.04. The molecule has 0 aliphatic carbocycles. The Labute approximate surface area is 142 Å². The topological polar surface area (TPSA) is 34.2 Å². The summed E-state index contributed by atoms with van der Waals surface area (Å²) in [6.07, 6.45) is 0. The highest BCUT2D eigenvalue weighted by atomic mass is 35.5. The third kappa shape index (κ3) is 3.64. The van der Waals surface area contributed by atoms with Crippen LogP contribution < -0.4 is 0 Å². The SMILES string of the molecule is CN(Cc1ccsc1)Cn1nc(-c2ccc(Cl)cc2)oc1=S. The summed E-state index contributed by atoms with van der Waals surface area (Å²) in [4.78, 5) is 2.49. The third-order valence-corrected chi connectivity index (χ3v) is 4.38. The predicted octanol–water partition coefficient (Wildman–Crippen LogP) is 4.68. The third-order valence-electron chi connectivity index (χ3n) is 3.11. The van der Waals surface area contributed by atoms with Crippen molar-refractivity contribution in [1.29, 1.82) is 0 Å². The summed E-state index contributed by atoms with van der Waals surface area (Å²) >= 11 is 12.8. The molecule has 0 N–H and O–H groups in total. The minimum Gasteiger partial charge on any atom is -0.409 e. The molecule has 0 saturated heterocycles. The summed E-state index contributed by atoms with van der Waals surface area (Å²) in [5.74, 6) is 0.505. The Bertz CT molecular complexity index is 793. The van der Waals surface area contributed by atoms with E-state index in [1.54, 1.807) is 28.2 Å². The average Bonchev–Trinajstić information content (AvgIpc) is 3.10. The first-order valence-corrected chi connectivity index (χ1v) is 8.38. The van der Waals surface area contributed by atoms with Crippen LogP contribution in [0.5, 0.6) is 0 Å². The molecule has 2 aromatic heterocycles. The van der Waals surface area contributed by atoms with Crippen molar-refractivity contribution >= 4 is 35.2 Å². The monoisotopic (exact) mass is 351 g/mol. The molecule has 7 heteroatoms. The van der Waals surface area contributed by atoms with Gasteiger partial charge < -0.3 is 4.42 Å². The van der Waals surface area contributed by atoms with Gasteiger partial charge in [-0.2, -0.15) is 11.3 Å². The molecule has 0 spiro atoms. The van der Waals surface area contributed by atoms with Crippen LogP contribution in [0.15, 0.2) is 45.5 Å². The van der Waals surface area contributed by atoms with Gasteiger partial charge in [0.05, 0.1) is 6.67 Å². The van der Waals surface area contributed by atoms with E-state index in [1.165, 1.54) is 5.56 Å². The second-order valence-electron chi connectivity index (χ2n) is 4.97. The van der Waals surface area contributed by atoms with E-state index in [0.29, 0.717) is 22.4 Å². The van der Waals surface area contributed by atoms with Crippen LogP contribution in [-0.2, 0) is 13.2 Å². The lowest BCUT2D eigenvalue weighted by molar-refractivity contribution is 0.241. The fourth-order valence-electron chi connectivity index (χ4n) is 2.08. The molecule has 3 rings (SSSR count). The maximum Gasteiger partial charge on any atom is 0.288 e. The first-order valence-electron chi connectivity index (χ1n) is 6.65. The van der Waals surface area contributed by atoms with Crippen LogP contribution in [0.1, 0.15) is 5.56 Å². The van der Waals surface area contributed by atoms with Gasteiger partial charge in [0, 0.05) is 17.1 Å². The highest BCUT2D eigenvalue weighted by molar-refractivity contribution is 7.71. The van der Waals surface area contributed by atoms with Crippen molar-refractivity contribution in [1.82, 2.24) is 14.7 Å². The van der Waals surface area contributed by atoms with E-state index in [0.717, 1.165) is 12.1 Å². The molecule has 0 bridgehead atoms. The normalized spacial score (nSPS) is 11.2. The number of hydrogen-bond donors (Lipinski definition) is 0. The molecular weight excluding hydrogens is 338 g/mol. The Morgan fingerprint density at radius 1 is 1.32 bits per heavy atom. The number of aromatic nitrogens is 2. The number of rotatable bonds is 5. The number of halogens is 1. The standard InChI is InChI=1S/C15H14ClN3OS2/c1-18(8-11-6-7-22-9-11)10-19-15(21)20-14(17-19)12-2-4-13(16)5-3-12/h2-7,9H,8,10H2,1H3. The van der Waals surface area contributed by atoms with Gasteiger partial charge in [-0.15, -0.1) is 5.10 Å². The van der Waals surface area contributed by atoms with E-state index in [1.807, 2.05) is 19.2 Å². The van der Waals surface area contributed by atoms with E-state index in [9.17, 15) is 0 Å². The smallest absolute Gasteiger partial charge is 0.288 e. The molecule has 114 valence electrons. The van der Waals surface area contributed by atoms with Gasteiger partial charge in [-0.3, -0.25) is 4.90 Å². The summed E-state index contributed by atoms with van der Waals surface area (Å²) in [6.45, 7) is 1.42. The minimum atomic E-state index is 0.363. The maximum atomic E-state index is 5.89. The van der Waals surface area contributed by atoms with E-state index in [2.05, 4.69) is 26.8 Å². The van der Waals surface area contributed by atoms with E-state index in [-0.39, 0.29) is 0 Å². The van der Waals surface area contributed by atoms with Crippen molar-refractivity contribution in [3.8, 4) is 11.5 Å². The van der Waals surface area contributed by atoms with Crippen LogP contribution in [0.2, 0.25) is 5.02 Å². The molecule has 4 nitrogen and oxygen atoms in total. The Morgan fingerprint density at radius 2 is 2.09 bits per heavy atom. The van der Waals surface area contributed by atoms with Gasteiger partial charge in [-0.05, 0) is 65.9 Å². The van der Waals surface area contributed by atoms with Crippen LogP contribution >= 0.6 is 35.2 Å². The molecule has 2 heterocycles. The molecule has 0 unspecified atom stereocenters. The zero-order valence-electron chi connectivity index (χ0n) is 11.9. The van der Waals surface area contributed by atoms with Crippen LogP contribution in [0.25, 0.3) is 11.5 Å². The van der Waals surface area contributed by atoms with Gasteiger partial charge in [0.1, 0.15) is 0 Å². The molecule has 1 aromatic carbocycles. The zero-order valence-corrected chi connectivity index (χ0v) is 14.3. The van der Waals surface area contributed by atoms with Gasteiger partial charge >= 0.3 is 0 Å². The lowest BCUT2D eigenvalue weighted by Gasteiger charge is -2.14. The molecule has 0 saturated carbocycles. The quantitative estimate of drug-likeness (QED) is 0.625. The number of thiophene rings is 1. The van der Waals surface area contributed by atoms with Gasteiger partial charge in [0.15, 0.2) is 0 Å². The number of hydrogen-bond acceptors (Lipinski definition) is 5. The molecule has 22 heavy (non-hydrogen) atoms. The van der Waals surface area contributed by atoms with Crippen molar-refractivity contribution in [2.45, 2.75) is 13.2 Å². The van der Waals surface area contributed by atoms with Gasteiger partial charge in [-0.1, -0.05) is 11.6 Å². The molecule has 0 aliphatic rings. The van der Waals surface area contributed by atoms with Crippen molar-refractivity contribution in [2.75, 3.05) is 7.05 Å². The number of benzene rings is 1. The van der Waals surface area contributed by atoms with Crippen LogP contribution in [0, 0.1) is 4.84 Å². The van der Waals surface area contributed by atoms with Gasteiger partial charge in [0.2, 0.25) is 5.89 Å². The molecule has 0 aliphatic heterocycles. The summed E-state index contributed by atoms with van der Waals surface area (Å²) in [6, 6.07) is 9.45. The lowest BCUT2D eigenvalue weighted by Crippen LogP contribution is -2.22. The maximum absolute atomic E-state index is 5.89. The molecule has 0 amide bonds. The Morgan fingerprint density at radius 3 is 2.77 bits per heavy atom. The van der Waals surface area contributed by atoms with E-state index < -0.39 is 0 Å². The summed E-state index contributed by atoms with van der Waals surface area (Å²) < 4.78 is 7.26. The molecule has 0 radical (unpaired) electrons. The first-order chi connectivity index (χ1) is 10.6. The highest BCUT2D eigenvalue weighted by Crippen LogP contribution is 2.20. The summed E-state index contributed by atoms with van der Waals surface area (Å²) in [7, 11) is 2.02. The second kappa shape index (κ2) is 6.75. The van der Waals surface area contributed by atoms with E-state index >= 15 is 0 Å². The van der Waals surface area contributed by atoms with E-state index in [4.69, 9.17) is 28.2 Å². The predicted molar refractivity (Wildman–Crippen MR) is 91.6 cm³/mol.